The van der Waals surface area contributed by atoms with E-state index in [1.54, 1.807) is 12.1 Å². The molecule has 1 aliphatic heterocycles. The molecule has 1 heterocycles. The molecule has 1 aliphatic rings. The number of carbonyl (C=O) groups excluding carboxylic acids is 2. The van der Waals surface area contributed by atoms with Gasteiger partial charge in [-0.25, -0.2) is 0 Å². The summed E-state index contributed by atoms with van der Waals surface area (Å²) in [5.74, 6) is -0.316. The number of likely N-dealkylation sites (N-methyl/N-ethyl adjacent to an activating group) is 1. The fourth-order valence-corrected chi connectivity index (χ4v) is 2.56. The number of imide groups is 1. The van der Waals surface area contributed by atoms with Crippen LogP contribution in [0.4, 0.5) is 0 Å². The number of rotatable bonds is 3. The molecule has 6 heteroatoms. The zero-order valence-corrected chi connectivity index (χ0v) is 12.8. The van der Waals surface area contributed by atoms with Crippen LogP contribution in [-0.4, -0.2) is 29.8 Å². The molecule has 1 saturated heterocycles. The Bertz CT molecular complexity index is 548. The van der Waals surface area contributed by atoms with E-state index in [4.69, 9.17) is 23.2 Å². The summed E-state index contributed by atoms with van der Waals surface area (Å²) in [4.78, 5) is 24.6. The van der Waals surface area contributed by atoms with Crippen LogP contribution in [-0.2, 0) is 9.59 Å². The van der Waals surface area contributed by atoms with Gasteiger partial charge >= 0.3 is 0 Å². The Morgan fingerprint density at radius 3 is 2.65 bits per heavy atom. The van der Waals surface area contributed by atoms with E-state index in [1.165, 1.54) is 11.9 Å². The van der Waals surface area contributed by atoms with Crippen molar-refractivity contribution in [1.29, 1.82) is 0 Å². The Morgan fingerprint density at radius 1 is 1.30 bits per heavy atom. The molecule has 1 N–H and O–H groups in total. The van der Waals surface area contributed by atoms with E-state index in [2.05, 4.69) is 5.32 Å². The van der Waals surface area contributed by atoms with Crippen LogP contribution in [0.3, 0.4) is 0 Å². The van der Waals surface area contributed by atoms with Gasteiger partial charge in [0.25, 0.3) is 0 Å². The first kappa shape index (κ1) is 15.3. The Labute approximate surface area is 128 Å². The van der Waals surface area contributed by atoms with E-state index in [0.717, 1.165) is 5.56 Å². The summed E-state index contributed by atoms with van der Waals surface area (Å²) >= 11 is 11.9. The van der Waals surface area contributed by atoms with Crippen molar-refractivity contribution in [1.82, 2.24) is 10.2 Å². The van der Waals surface area contributed by atoms with Gasteiger partial charge < -0.3 is 0 Å². The average Bonchev–Trinajstić information content (AvgIpc) is 2.42. The maximum Gasteiger partial charge on any atom is 0.246 e. The highest BCUT2D eigenvalue weighted by Gasteiger charge is 2.32. The van der Waals surface area contributed by atoms with Gasteiger partial charge in [0.15, 0.2) is 0 Å². The molecule has 0 aromatic heterocycles. The quantitative estimate of drug-likeness (QED) is 0.873. The Balaban J connectivity index is 2.07. The molecule has 0 aliphatic carbocycles. The predicted molar refractivity (Wildman–Crippen MR) is 78.8 cm³/mol. The third-order valence-corrected chi connectivity index (χ3v) is 4.28. The molecule has 0 bridgehead atoms. The molecular formula is C14H16Cl2N2O2. The molecule has 1 aromatic rings. The number of amides is 2. The minimum Gasteiger partial charge on any atom is -0.299 e. The maximum atomic E-state index is 12.0. The predicted octanol–water partition coefficient (Wildman–Crippen LogP) is 2.79. The number of likely N-dealkylation sites (tertiary alicyclic amines) is 1. The lowest BCUT2D eigenvalue weighted by Gasteiger charge is -2.30. The fourth-order valence-electron chi connectivity index (χ4n) is 2.25. The van der Waals surface area contributed by atoms with E-state index >= 15 is 0 Å². The molecule has 0 radical (unpaired) electrons. The standard InChI is InChI=1S/C14H16Cl2N2O2/c1-8(9-3-4-10(15)11(16)7-9)17-12-5-6-13(19)18(2)14(12)20/h3-4,7-8,12,17H,5-6H2,1-2H3. The zero-order valence-electron chi connectivity index (χ0n) is 11.3. The number of halogens is 2. The van der Waals surface area contributed by atoms with Gasteiger partial charge in [0.2, 0.25) is 11.8 Å². The SMILES string of the molecule is CC(NC1CCC(=O)N(C)C1=O)c1ccc(Cl)c(Cl)c1. The van der Waals surface area contributed by atoms with Crippen molar-refractivity contribution in [2.24, 2.45) is 0 Å². The minimum atomic E-state index is -0.345. The molecule has 20 heavy (non-hydrogen) atoms. The molecule has 1 fully saturated rings. The number of nitrogens with one attached hydrogen (secondary N) is 1. The van der Waals surface area contributed by atoms with Crippen LogP contribution in [0.1, 0.15) is 31.4 Å². The highest BCUT2D eigenvalue weighted by molar-refractivity contribution is 6.42. The lowest BCUT2D eigenvalue weighted by atomic mass is 10.0. The summed E-state index contributed by atoms with van der Waals surface area (Å²) < 4.78 is 0. The second-order valence-corrected chi connectivity index (χ2v) is 5.76. The van der Waals surface area contributed by atoms with Crippen LogP contribution in [0.15, 0.2) is 18.2 Å². The van der Waals surface area contributed by atoms with Crippen molar-refractivity contribution in [3.05, 3.63) is 33.8 Å². The first-order valence-electron chi connectivity index (χ1n) is 6.41. The van der Waals surface area contributed by atoms with Crippen LogP contribution >= 0.6 is 23.2 Å². The highest BCUT2D eigenvalue weighted by atomic mass is 35.5. The molecular weight excluding hydrogens is 299 g/mol. The normalized spacial score (nSPS) is 21.2. The van der Waals surface area contributed by atoms with E-state index in [9.17, 15) is 9.59 Å². The van der Waals surface area contributed by atoms with Gasteiger partial charge in [-0.15, -0.1) is 0 Å². The van der Waals surface area contributed by atoms with Crippen LogP contribution < -0.4 is 5.32 Å². The van der Waals surface area contributed by atoms with Crippen LogP contribution in [0, 0.1) is 0 Å². The average molecular weight is 315 g/mol. The summed E-state index contributed by atoms with van der Waals surface area (Å²) in [6, 6.07) is 4.98. The van der Waals surface area contributed by atoms with E-state index in [0.29, 0.717) is 22.9 Å². The summed E-state index contributed by atoms with van der Waals surface area (Å²) in [5.41, 5.74) is 0.951. The molecule has 1 aromatic carbocycles. The molecule has 2 atom stereocenters. The van der Waals surface area contributed by atoms with E-state index in [-0.39, 0.29) is 23.9 Å². The number of hydrogen-bond acceptors (Lipinski definition) is 3. The lowest BCUT2D eigenvalue weighted by molar-refractivity contribution is -0.148. The van der Waals surface area contributed by atoms with Crippen molar-refractivity contribution in [2.75, 3.05) is 7.05 Å². The summed E-state index contributed by atoms with van der Waals surface area (Å²) in [6.45, 7) is 1.95. The Morgan fingerprint density at radius 2 is 2.00 bits per heavy atom. The number of piperidine rings is 1. The first-order chi connectivity index (χ1) is 9.40. The number of hydrogen-bond donors (Lipinski definition) is 1. The number of nitrogens with zero attached hydrogens (tertiary/aromatic N) is 1. The van der Waals surface area contributed by atoms with Crippen LogP contribution in [0.2, 0.25) is 10.0 Å². The van der Waals surface area contributed by atoms with Crippen molar-refractivity contribution in [2.45, 2.75) is 31.8 Å². The molecule has 0 spiro atoms. The second-order valence-electron chi connectivity index (χ2n) is 4.94. The third kappa shape index (κ3) is 3.14. The monoisotopic (exact) mass is 314 g/mol. The topological polar surface area (TPSA) is 49.4 Å². The maximum absolute atomic E-state index is 12.0. The Kier molecular flexibility index (Phi) is 4.68. The van der Waals surface area contributed by atoms with Gasteiger partial charge in [0.05, 0.1) is 16.1 Å². The van der Waals surface area contributed by atoms with Crippen molar-refractivity contribution in [3.63, 3.8) is 0 Å². The van der Waals surface area contributed by atoms with Crippen LogP contribution in [0.5, 0.6) is 0 Å². The van der Waals surface area contributed by atoms with Gasteiger partial charge in [0, 0.05) is 19.5 Å². The van der Waals surface area contributed by atoms with Crippen molar-refractivity contribution < 1.29 is 9.59 Å². The van der Waals surface area contributed by atoms with Gasteiger partial charge in [-0.1, -0.05) is 29.3 Å². The molecule has 0 saturated carbocycles. The summed E-state index contributed by atoms with van der Waals surface area (Å²) in [6.07, 6.45) is 0.904. The molecule has 4 nitrogen and oxygen atoms in total. The fraction of sp³-hybridized carbons (Fsp3) is 0.429. The molecule has 2 rings (SSSR count). The zero-order chi connectivity index (χ0) is 14.9. The van der Waals surface area contributed by atoms with Gasteiger partial charge in [-0.05, 0) is 31.0 Å². The van der Waals surface area contributed by atoms with Crippen molar-refractivity contribution >= 4 is 35.0 Å². The molecule has 2 amide bonds. The van der Waals surface area contributed by atoms with Gasteiger partial charge in [-0.3, -0.25) is 19.8 Å². The number of carbonyl (C=O) groups is 2. The highest BCUT2D eigenvalue weighted by Crippen LogP contribution is 2.26. The van der Waals surface area contributed by atoms with E-state index in [1.807, 2.05) is 13.0 Å². The van der Waals surface area contributed by atoms with Gasteiger partial charge in [-0.2, -0.15) is 0 Å². The van der Waals surface area contributed by atoms with E-state index < -0.39 is 0 Å². The Hall–Kier alpha value is -1.10. The second kappa shape index (κ2) is 6.12. The molecule has 2 unspecified atom stereocenters. The lowest BCUT2D eigenvalue weighted by Crippen LogP contribution is -2.51. The number of benzene rings is 1. The van der Waals surface area contributed by atoms with Crippen LogP contribution in [0.25, 0.3) is 0 Å². The first-order valence-corrected chi connectivity index (χ1v) is 7.17. The third-order valence-electron chi connectivity index (χ3n) is 3.54. The summed E-state index contributed by atoms with van der Waals surface area (Å²) in [7, 11) is 1.52. The summed E-state index contributed by atoms with van der Waals surface area (Å²) in [5, 5.41) is 4.23. The molecule has 108 valence electrons. The largest absolute Gasteiger partial charge is 0.299 e. The van der Waals surface area contributed by atoms with Crippen molar-refractivity contribution in [3.8, 4) is 0 Å². The minimum absolute atomic E-state index is 0.0553. The van der Waals surface area contributed by atoms with Gasteiger partial charge in [0.1, 0.15) is 0 Å². The smallest absolute Gasteiger partial charge is 0.246 e.